The van der Waals surface area contributed by atoms with E-state index in [0.29, 0.717) is 45.2 Å². The van der Waals surface area contributed by atoms with Gasteiger partial charge in [0.1, 0.15) is 6.54 Å². The van der Waals surface area contributed by atoms with E-state index in [1.807, 2.05) is 25.1 Å². The van der Waals surface area contributed by atoms with E-state index in [1.54, 1.807) is 15.8 Å². The zero-order valence-corrected chi connectivity index (χ0v) is 20.3. The largest absolute Gasteiger partial charge is 0.357 e. The molecule has 2 fully saturated rings. The van der Waals surface area contributed by atoms with Crippen molar-refractivity contribution in [3.05, 3.63) is 12.4 Å². The number of hydrogen-bond acceptors (Lipinski definition) is 5. The summed E-state index contributed by atoms with van der Waals surface area (Å²) in [6.07, 6.45) is 5.58. The van der Waals surface area contributed by atoms with Gasteiger partial charge in [0.2, 0.25) is 15.9 Å². The summed E-state index contributed by atoms with van der Waals surface area (Å²) < 4.78 is 26.5. The van der Waals surface area contributed by atoms with Gasteiger partial charge in [-0.2, -0.15) is 5.10 Å². The Balaban J connectivity index is 0.00000300. The van der Waals surface area contributed by atoms with Gasteiger partial charge >= 0.3 is 0 Å². The average molecular weight is 539 g/mol. The van der Waals surface area contributed by atoms with Gasteiger partial charge in [-0.05, 0) is 19.3 Å². The van der Waals surface area contributed by atoms with Crippen LogP contribution in [0.2, 0.25) is 0 Å². The number of aromatic nitrogens is 2. The number of hydrogen-bond donors (Lipinski definition) is 1. The van der Waals surface area contributed by atoms with Crippen molar-refractivity contribution in [3.8, 4) is 0 Å². The smallest absolute Gasteiger partial charge is 0.246 e. The number of aryl methyl sites for hydroxylation is 1. The molecule has 1 atom stereocenters. The Kier molecular flexibility index (Phi) is 8.28. The Morgan fingerprint density at radius 2 is 2.10 bits per heavy atom. The number of rotatable bonds is 5. The highest BCUT2D eigenvalue weighted by Gasteiger charge is 2.30. The Morgan fingerprint density at radius 3 is 2.66 bits per heavy atom. The molecule has 1 N–H and O–H groups in total. The zero-order valence-electron chi connectivity index (χ0n) is 17.1. The second-order valence-corrected chi connectivity index (χ2v) is 9.29. The number of carbonyl (C=O) groups is 1. The van der Waals surface area contributed by atoms with Gasteiger partial charge in [0.15, 0.2) is 5.96 Å². The van der Waals surface area contributed by atoms with E-state index in [9.17, 15) is 13.2 Å². The highest BCUT2D eigenvalue weighted by molar-refractivity contribution is 14.0. The minimum Gasteiger partial charge on any atom is -0.357 e. The number of anilines is 1. The van der Waals surface area contributed by atoms with Gasteiger partial charge in [-0.3, -0.25) is 14.5 Å². The van der Waals surface area contributed by atoms with Crippen LogP contribution in [0.25, 0.3) is 0 Å². The fourth-order valence-corrected chi connectivity index (χ4v) is 4.48. The topological polar surface area (TPSA) is 103 Å². The van der Waals surface area contributed by atoms with Gasteiger partial charge in [-0.1, -0.05) is 0 Å². The lowest BCUT2D eigenvalue weighted by atomic mass is 10.1. The quantitative estimate of drug-likeness (QED) is 0.320. The van der Waals surface area contributed by atoms with E-state index in [4.69, 9.17) is 4.99 Å². The van der Waals surface area contributed by atoms with Crippen molar-refractivity contribution >= 4 is 51.6 Å². The zero-order chi connectivity index (χ0) is 20.3. The molecule has 0 radical (unpaired) electrons. The van der Waals surface area contributed by atoms with Crippen LogP contribution in [0.1, 0.15) is 13.3 Å². The summed E-state index contributed by atoms with van der Waals surface area (Å²) >= 11 is 0. The highest BCUT2D eigenvalue weighted by atomic mass is 127. The molecule has 3 heterocycles. The molecule has 0 saturated carbocycles. The van der Waals surface area contributed by atoms with Crippen LogP contribution >= 0.6 is 24.0 Å². The summed E-state index contributed by atoms with van der Waals surface area (Å²) in [6, 6.07) is 0. The molecule has 1 unspecified atom stereocenters. The number of halogens is 1. The number of aliphatic imine (C=N–C) groups is 1. The lowest BCUT2D eigenvalue weighted by Crippen LogP contribution is -2.55. The third-order valence-electron chi connectivity index (χ3n) is 5.07. The van der Waals surface area contributed by atoms with Crippen molar-refractivity contribution in [2.75, 3.05) is 57.0 Å². The molecule has 12 heteroatoms. The first-order chi connectivity index (χ1) is 13.3. The molecule has 2 saturated heterocycles. The monoisotopic (exact) mass is 539 g/mol. The van der Waals surface area contributed by atoms with Crippen molar-refractivity contribution in [2.24, 2.45) is 18.0 Å². The van der Waals surface area contributed by atoms with Crippen molar-refractivity contribution in [2.45, 2.75) is 13.3 Å². The van der Waals surface area contributed by atoms with E-state index in [2.05, 4.69) is 10.4 Å². The Labute approximate surface area is 189 Å². The Bertz CT molecular complexity index is 842. The fraction of sp³-hybridized carbons (Fsp3) is 0.706. The normalized spacial score (nSPS) is 21.4. The summed E-state index contributed by atoms with van der Waals surface area (Å²) in [5, 5.41) is 7.39. The summed E-state index contributed by atoms with van der Waals surface area (Å²) in [5.41, 5.74) is 0.806. The maximum absolute atomic E-state index is 12.6. The first kappa shape index (κ1) is 23.9. The molecule has 29 heavy (non-hydrogen) atoms. The van der Waals surface area contributed by atoms with Crippen LogP contribution in [0.4, 0.5) is 5.69 Å². The molecule has 2 aliphatic rings. The maximum atomic E-state index is 12.6. The lowest BCUT2D eigenvalue weighted by molar-refractivity contribution is -0.120. The number of piperazine rings is 1. The number of nitrogens with zero attached hydrogens (tertiary/aromatic N) is 6. The Morgan fingerprint density at radius 1 is 1.34 bits per heavy atom. The van der Waals surface area contributed by atoms with E-state index in [0.717, 1.165) is 12.1 Å². The van der Waals surface area contributed by atoms with Crippen LogP contribution in [-0.2, 0) is 21.9 Å². The summed E-state index contributed by atoms with van der Waals surface area (Å²) in [5.74, 6) is 0.921. The SMILES string of the molecule is CCNC(=NCC1CCN(S(C)(=O)=O)C1)N1CCN(c2cnn(C)c2)C(=O)C1.I. The van der Waals surface area contributed by atoms with Gasteiger partial charge < -0.3 is 15.1 Å². The molecule has 0 aromatic carbocycles. The first-order valence-corrected chi connectivity index (χ1v) is 11.4. The number of carbonyl (C=O) groups excluding carboxylic acids is 1. The third kappa shape index (κ3) is 6.04. The number of sulfonamides is 1. The summed E-state index contributed by atoms with van der Waals surface area (Å²) in [6.45, 7) is 5.80. The fourth-order valence-electron chi connectivity index (χ4n) is 3.56. The molecule has 3 rings (SSSR count). The molecule has 1 aromatic rings. The highest BCUT2D eigenvalue weighted by Crippen LogP contribution is 2.20. The van der Waals surface area contributed by atoms with Crippen molar-refractivity contribution in [1.82, 2.24) is 24.3 Å². The molecular weight excluding hydrogens is 509 g/mol. The first-order valence-electron chi connectivity index (χ1n) is 9.55. The molecule has 10 nitrogen and oxygen atoms in total. The van der Waals surface area contributed by atoms with Crippen LogP contribution in [0.5, 0.6) is 0 Å². The lowest BCUT2D eigenvalue weighted by Gasteiger charge is -2.35. The molecule has 1 aromatic heterocycles. The third-order valence-corrected chi connectivity index (χ3v) is 6.34. The molecule has 2 aliphatic heterocycles. The van der Waals surface area contributed by atoms with Crippen LogP contribution in [0, 0.1) is 5.92 Å². The van der Waals surface area contributed by atoms with Gasteiger partial charge in [0.25, 0.3) is 0 Å². The number of guanidine groups is 1. The molecule has 0 spiro atoms. The number of amides is 1. The van der Waals surface area contributed by atoms with E-state index in [-0.39, 0.29) is 42.3 Å². The molecule has 0 aliphatic carbocycles. The van der Waals surface area contributed by atoms with Gasteiger partial charge in [0.05, 0.1) is 18.1 Å². The average Bonchev–Trinajstić information content (AvgIpc) is 3.27. The van der Waals surface area contributed by atoms with E-state index >= 15 is 0 Å². The molecule has 0 bridgehead atoms. The minimum absolute atomic E-state index is 0. The number of nitrogens with one attached hydrogen (secondary N) is 1. The van der Waals surface area contributed by atoms with Gasteiger partial charge in [-0.15, -0.1) is 24.0 Å². The van der Waals surface area contributed by atoms with Crippen molar-refractivity contribution < 1.29 is 13.2 Å². The van der Waals surface area contributed by atoms with Gasteiger partial charge in [0, 0.05) is 52.5 Å². The van der Waals surface area contributed by atoms with Crippen LogP contribution in [-0.4, -0.2) is 91.3 Å². The summed E-state index contributed by atoms with van der Waals surface area (Å²) in [7, 11) is -1.31. The van der Waals surface area contributed by atoms with Crippen LogP contribution in [0.3, 0.4) is 0 Å². The predicted octanol–water partition coefficient (Wildman–Crippen LogP) is -0.0663. The summed E-state index contributed by atoms with van der Waals surface area (Å²) in [4.78, 5) is 21.0. The van der Waals surface area contributed by atoms with Crippen molar-refractivity contribution in [1.29, 1.82) is 0 Å². The molecular formula is C17H30IN7O3S. The van der Waals surface area contributed by atoms with Crippen LogP contribution in [0.15, 0.2) is 17.4 Å². The van der Waals surface area contributed by atoms with E-state index < -0.39 is 10.0 Å². The standard InChI is InChI=1S/C17H29N7O3S.HI/c1-4-18-17(19-9-14-5-6-23(11-14)28(3,26)27)22-7-8-24(16(25)13-22)15-10-20-21(2)12-15;/h10,12,14H,4-9,11,13H2,1-3H3,(H,18,19);1H. The molecule has 1 amide bonds. The van der Waals surface area contributed by atoms with E-state index in [1.165, 1.54) is 10.6 Å². The Hall–Kier alpha value is -1.41. The van der Waals surface area contributed by atoms with Crippen LogP contribution < -0.4 is 10.2 Å². The van der Waals surface area contributed by atoms with Gasteiger partial charge in [-0.25, -0.2) is 12.7 Å². The van der Waals surface area contributed by atoms with Crippen molar-refractivity contribution in [3.63, 3.8) is 0 Å². The molecule has 164 valence electrons. The minimum atomic E-state index is -3.14. The second kappa shape index (κ2) is 10.1. The maximum Gasteiger partial charge on any atom is 0.246 e. The second-order valence-electron chi connectivity index (χ2n) is 7.31. The predicted molar refractivity (Wildman–Crippen MR) is 123 cm³/mol.